The molecule has 1 aliphatic rings. The van der Waals surface area contributed by atoms with Crippen LogP contribution in [0.25, 0.3) is 21.3 Å². The normalized spacial score (nSPS) is 14.0. The van der Waals surface area contributed by atoms with Crippen LogP contribution < -0.4 is 14.2 Å². The van der Waals surface area contributed by atoms with Crippen LogP contribution in [-0.4, -0.2) is 25.3 Å². The zero-order chi connectivity index (χ0) is 16.5. The van der Waals surface area contributed by atoms with Crippen LogP contribution >= 0.6 is 22.9 Å². The highest BCUT2D eigenvalue weighted by Crippen LogP contribution is 2.41. The number of ether oxygens (including phenoxy) is 3. The molecule has 0 unspecified atom stereocenters. The predicted molar refractivity (Wildman–Crippen MR) is 97.3 cm³/mol. The molecule has 1 aromatic heterocycles. The van der Waals surface area contributed by atoms with Crippen molar-refractivity contribution in [3.63, 3.8) is 0 Å². The number of hydrogen-bond acceptors (Lipinski definition) is 5. The number of thiazole rings is 1. The highest BCUT2D eigenvalue weighted by Gasteiger charge is 2.18. The van der Waals surface area contributed by atoms with Crippen LogP contribution in [0.3, 0.4) is 0 Å². The number of nitrogens with zero attached hydrogens (tertiary/aromatic N) is 1. The second kappa shape index (κ2) is 6.34. The summed E-state index contributed by atoms with van der Waals surface area (Å²) in [5.41, 5.74) is 1.82. The average molecular weight is 360 g/mol. The Kier molecular flexibility index (Phi) is 4.04. The summed E-state index contributed by atoms with van der Waals surface area (Å²) in [5.74, 6) is 1.94. The van der Waals surface area contributed by atoms with Gasteiger partial charge in [-0.15, -0.1) is 11.3 Å². The van der Waals surface area contributed by atoms with Crippen molar-refractivity contribution in [2.24, 2.45) is 0 Å². The third-order valence-corrected chi connectivity index (χ3v) is 5.11. The summed E-state index contributed by atoms with van der Waals surface area (Å²) in [6.45, 7) is 1.04. The molecule has 2 aromatic carbocycles. The summed E-state index contributed by atoms with van der Waals surface area (Å²) in [4.78, 5) is 4.57. The molecule has 0 spiro atoms. The Labute approximate surface area is 148 Å². The standard InChI is InChI=1S/C18H14ClNO3S/c1-21-14-9-11(10-15-17(14)23-7-6-22-15)8-12(19)18-20-13-4-2-3-5-16(13)24-18/h2-5,8-10H,6-7H2,1H3/b12-8-. The van der Waals surface area contributed by atoms with Gasteiger partial charge < -0.3 is 14.2 Å². The van der Waals surface area contributed by atoms with Gasteiger partial charge >= 0.3 is 0 Å². The van der Waals surface area contributed by atoms with Crippen LogP contribution in [0.4, 0.5) is 0 Å². The Morgan fingerprint density at radius 3 is 2.92 bits per heavy atom. The Hall–Kier alpha value is -2.24. The van der Waals surface area contributed by atoms with E-state index in [1.54, 1.807) is 18.4 Å². The number of rotatable bonds is 3. The van der Waals surface area contributed by atoms with Crippen molar-refractivity contribution >= 4 is 44.3 Å². The topological polar surface area (TPSA) is 40.6 Å². The molecule has 0 bridgehead atoms. The second-order valence-electron chi connectivity index (χ2n) is 5.23. The first-order chi connectivity index (χ1) is 11.7. The van der Waals surface area contributed by atoms with Gasteiger partial charge in [0, 0.05) is 0 Å². The zero-order valence-corrected chi connectivity index (χ0v) is 14.5. The van der Waals surface area contributed by atoms with Crippen LogP contribution in [0.1, 0.15) is 10.6 Å². The molecule has 24 heavy (non-hydrogen) atoms. The van der Waals surface area contributed by atoms with E-state index < -0.39 is 0 Å². The van der Waals surface area contributed by atoms with Gasteiger partial charge in [0.15, 0.2) is 11.5 Å². The first kappa shape index (κ1) is 15.3. The highest BCUT2D eigenvalue weighted by molar-refractivity contribution is 7.20. The molecule has 4 rings (SSSR count). The Morgan fingerprint density at radius 1 is 1.25 bits per heavy atom. The fraction of sp³-hybridized carbons (Fsp3) is 0.167. The van der Waals surface area contributed by atoms with E-state index in [2.05, 4.69) is 4.98 Å². The smallest absolute Gasteiger partial charge is 0.203 e. The largest absolute Gasteiger partial charge is 0.493 e. The third kappa shape index (κ3) is 2.81. The van der Waals surface area contributed by atoms with Gasteiger partial charge in [0.25, 0.3) is 0 Å². The molecule has 0 saturated heterocycles. The van der Waals surface area contributed by atoms with Gasteiger partial charge in [0.05, 0.1) is 22.4 Å². The lowest BCUT2D eigenvalue weighted by molar-refractivity contribution is 0.165. The van der Waals surface area contributed by atoms with Crippen LogP contribution in [-0.2, 0) is 0 Å². The van der Waals surface area contributed by atoms with Gasteiger partial charge in [-0.2, -0.15) is 0 Å². The lowest BCUT2D eigenvalue weighted by atomic mass is 10.1. The molecule has 0 aliphatic carbocycles. The Morgan fingerprint density at radius 2 is 2.08 bits per heavy atom. The van der Waals surface area contributed by atoms with Crippen molar-refractivity contribution in [1.82, 2.24) is 4.98 Å². The molecule has 0 amide bonds. The Bertz CT molecular complexity index is 885. The number of benzene rings is 2. The number of hydrogen-bond donors (Lipinski definition) is 0. The monoisotopic (exact) mass is 359 g/mol. The number of para-hydroxylation sites is 1. The molecule has 0 saturated carbocycles. The molecule has 4 nitrogen and oxygen atoms in total. The molecule has 122 valence electrons. The summed E-state index contributed by atoms with van der Waals surface area (Å²) in [6.07, 6.45) is 1.86. The molecular weight excluding hydrogens is 346 g/mol. The van der Waals surface area contributed by atoms with E-state index in [1.165, 1.54) is 0 Å². The molecule has 0 N–H and O–H groups in total. The zero-order valence-electron chi connectivity index (χ0n) is 12.9. The maximum absolute atomic E-state index is 6.49. The average Bonchev–Trinajstić information content (AvgIpc) is 3.05. The van der Waals surface area contributed by atoms with Gasteiger partial charge in [0.1, 0.15) is 18.2 Å². The summed E-state index contributed by atoms with van der Waals surface area (Å²) < 4.78 is 17.8. The molecule has 0 radical (unpaired) electrons. The minimum Gasteiger partial charge on any atom is -0.493 e. The van der Waals surface area contributed by atoms with Crippen LogP contribution in [0.15, 0.2) is 36.4 Å². The van der Waals surface area contributed by atoms with Crippen molar-refractivity contribution in [3.05, 3.63) is 47.0 Å². The molecule has 1 aliphatic heterocycles. The van der Waals surface area contributed by atoms with E-state index in [-0.39, 0.29) is 0 Å². The van der Waals surface area contributed by atoms with Gasteiger partial charge in [-0.3, -0.25) is 0 Å². The first-order valence-electron chi connectivity index (χ1n) is 7.45. The SMILES string of the molecule is COc1cc(/C=C(\Cl)c2nc3ccccc3s2)cc2c1OCCO2. The minimum absolute atomic E-state index is 0.519. The lowest BCUT2D eigenvalue weighted by Crippen LogP contribution is -2.16. The molecule has 0 fully saturated rings. The number of aromatic nitrogens is 1. The quantitative estimate of drug-likeness (QED) is 0.672. The number of fused-ring (bicyclic) bond motifs is 2. The maximum Gasteiger partial charge on any atom is 0.203 e. The first-order valence-corrected chi connectivity index (χ1v) is 8.65. The number of halogens is 1. The van der Waals surface area contributed by atoms with Gasteiger partial charge in [-0.1, -0.05) is 23.7 Å². The van der Waals surface area contributed by atoms with Crippen molar-refractivity contribution in [2.75, 3.05) is 20.3 Å². The Balaban J connectivity index is 1.74. The fourth-order valence-electron chi connectivity index (χ4n) is 2.56. The summed E-state index contributed by atoms with van der Waals surface area (Å²) in [6, 6.07) is 11.7. The maximum atomic E-state index is 6.49. The molecule has 6 heteroatoms. The molecule has 2 heterocycles. The van der Waals surface area contributed by atoms with Gasteiger partial charge in [-0.05, 0) is 35.9 Å². The lowest BCUT2D eigenvalue weighted by Gasteiger charge is -2.21. The van der Waals surface area contributed by atoms with Gasteiger partial charge in [0.2, 0.25) is 5.75 Å². The van der Waals surface area contributed by atoms with E-state index in [0.29, 0.717) is 35.5 Å². The summed E-state index contributed by atoms with van der Waals surface area (Å²) in [7, 11) is 1.61. The fourth-order valence-corrected chi connectivity index (χ4v) is 3.72. The van der Waals surface area contributed by atoms with E-state index in [1.807, 2.05) is 42.5 Å². The van der Waals surface area contributed by atoms with E-state index in [0.717, 1.165) is 20.8 Å². The molecule has 0 atom stereocenters. The van der Waals surface area contributed by atoms with Gasteiger partial charge in [-0.25, -0.2) is 4.98 Å². The third-order valence-electron chi connectivity index (χ3n) is 3.64. The predicted octanol–water partition coefficient (Wildman–Crippen LogP) is 4.81. The number of methoxy groups -OCH3 is 1. The van der Waals surface area contributed by atoms with Crippen molar-refractivity contribution < 1.29 is 14.2 Å². The van der Waals surface area contributed by atoms with E-state index in [9.17, 15) is 0 Å². The molecular formula is C18H14ClNO3S. The molecule has 3 aromatic rings. The van der Waals surface area contributed by atoms with Crippen LogP contribution in [0, 0.1) is 0 Å². The summed E-state index contributed by atoms with van der Waals surface area (Å²) in [5, 5.41) is 1.36. The minimum atomic E-state index is 0.519. The van der Waals surface area contributed by atoms with Crippen LogP contribution in [0.5, 0.6) is 17.2 Å². The highest BCUT2D eigenvalue weighted by atomic mass is 35.5. The van der Waals surface area contributed by atoms with Crippen molar-refractivity contribution in [3.8, 4) is 17.2 Å². The van der Waals surface area contributed by atoms with E-state index in [4.69, 9.17) is 25.8 Å². The van der Waals surface area contributed by atoms with Crippen molar-refractivity contribution in [2.45, 2.75) is 0 Å². The van der Waals surface area contributed by atoms with Crippen LogP contribution in [0.2, 0.25) is 0 Å². The van der Waals surface area contributed by atoms with E-state index >= 15 is 0 Å². The second-order valence-corrected chi connectivity index (χ2v) is 6.66. The summed E-state index contributed by atoms with van der Waals surface area (Å²) >= 11 is 8.05. The van der Waals surface area contributed by atoms with Crippen molar-refractivity contribution in [1.29, 1.82) is 0 Å².